The average molecular weight is 189 g/mol. The quantitative estimate of drug-likeness (QED) is 0.674. The van der Waals surface area contributed by atoms with Crippen LogP contribution in [0.2, 0.25) is 0 Å². The van der Waals surface area contributed by atoms with Crippen LogP contribution in [0.5, 0.6) is 0 Å². The molecule has 0 fully saturated rings. The van der Waals surface area contributed by atoms with Gasteiger partial charge in [0, 0.05) is 0 Å². The van der Waals surface area contributed by atoms with Crippen LogP contribution < -0.4 is 11.1 Å². The highest BCUT2D eigenvalue weighted by molar-refractivity contribution is 6.04. The van der Waals surface area contributed by atoms with Crippen LogP contribution in [0.1, 0.15) is 17.2 Å². The second-order valence-electron chi connectivity index (χ2n) is 3.26. The molecular weight excluding hydrogens is 178 g/mol. The van der Waals surface area contributed by atoms with Gasteiger partial charge in [0.05, 0.1) is 0 Å². The fourth-order valence-corrected chi connectivity index (χ4v) is 1.53. The molecule has 1 amide bonds. The van der Waals surface area contributed by atoms with Crippen LogP contribution in [0.3, 0.4) is 0 Å². The molecule has 0 spiro atoms. The highest BCUT2D eigenvalue weighted by Crippen LogP contribution is 2.23. The normalized spacial score (nSPS) is 20.5. The monoisotopic (exact) mass is 189 g/mol. The minimum Gasteiger partial charge on any atom is -0.370 e. The summed E-state index contributed by atoms with van der Waals surface area (Å²) in [4.78, 5) is 15.5. The first-order valence-electron chi connectivity index (χ1n) is 4.38. The molecule has 1 aromatic carbocycles. The van der Waals surface area contributed by atoms with Gasteiger partial charge in [0.25, 0.3) is 5.91 Å². The smallest absolute Gasteiger partial charge is 0.256 e. The summed E-state index contributed by atoms with van der Waals surface area (Å²) < 4.78 is 0. The van der Waals surface area contributed by atoms with Crippen molar-refractivity contribution in [3.63, 3.8) is 0 Å². The van der Waals surface area contributed by atoms with Crippen LogP contribution in [-0.2, 0) is 4.79 Å². The Hall–Kier alpha value is -1.84. The third-order valence-electron chi connectivity index (χ3n) is 2.25. The maximum Gasteiger partial charge on any atom is 0.256 e. The summed E-state index contributed by atoms with van der Waals surface area (Å²) in [5, 5.41) is 2.48. The van der Waals surface area contributed by atoms with E-state index in [1.54, 1.807) is 0 Å². The van der Waals surface area contributed by atoms with E-state index in [0.29, 0.717) is 0 Å². The lowest BCUT2D eigenvalue weighted by Crippen LogP contribution is -2.31. The Morgan fingerprint density at radius 1 is 1.43 bits per heavy atom. The number of benzene rings is 1. The first kappa shape index (κ1) is 8.74. The number of amides is 1. The fourth-order valence-electron chi connectivity index (χ4n) is 1.53. The maximum atomic E-state index is 11.4. The number of nitrogens with one attached hydrogen (secondary N) is 1. The number of aryl methyl sites for hydroxylation is 1. The second-order valence-corrected chi connectivity index (χ2v) is 3.26. The van der Waals surface area contributed by atoms with Crippen molar-refractivity contribution in [1.29, 1.82) is 0 Å². The molecule has 1 heterocycles. The van der Waals surface area contributed by atoms with Gasteiger partial charge in [-0.1, -0.05) is 24.3 Å². The second kappa shape index (κ2) is 3.14. The van der Waals surface area contributed by atoms with E-state index in [9.17, 15) is 4.79 Å². The number of rotatable bonds is 1. The molecule has 0 saturated carbocycles. The van der Waals surface area contributed by atoms with E-state index >= 15 is 0 Å². The zero-order valence-corrected chi connectivity index (χ0v) is 7.82. The first-order chi connectivity index (χ1) is 6.68. The van der Waals surface area contributed by atoms with E-state index in [4.69, 9.17) is 5.73 Å². The van der Waals surface area contributed by atoms with Crippen LogP contribution in [0, 0.1) is 6.92 Å². The van der Waals surface area contributed by atoms with E-state index in [2.05, 4.69) is 10.3 Å². The van der Waals surface area contributed by atoms with Gasteiger partial charge >= 0.3 is 0 Å². The van der Waals surface area contributed by atoms with Gasteiger partial charge in [0.2, 0.25) is 0 Å². The van der Waals surface area contributed by atoms with E-state index in [1.807, 2.05) is 31.2 Å². The van der Waals surface area contributed by atoms with E-state index in [0.717, 1.165) is 11.1 Å². The minimum absolute atomic E-state index is 0.156. The zero-order valence-electron chi connectivity index (χ0n) is 7.82. The van der Waals surface area contributed by atoms with Gasteiger partial charge in [0.1, 0.15) is 0 Å². The predicted octanol–water partition coefficient (Wildman–Crippen LogP) is 0.481. The summed E-state index contributed by atoms with van der Waals surface area (Å²) in [6.07, 6.45) is 0. The Bertz CT molecular complexity index is 412. The van der Waals surface area contributed by atoms with Gasteiger partial charge in [-0.15, -0.1) is 0 Å². The molecule has 0 saturated heterocycles. The molecule has 0 aliphatic carbocycles. The van der Waals surface area contributed by atoms with Gasteiger partial charge in [-0.2, -0.15) is 0 Å². The number of nitrogens with zero attached hydrogens (tertiary/aromatic N) is 1. The number of hydrogen-bond acceptors (Lipinski definition) is 3. The Balaban J connectivity index is 2.41. The highest BCUT2D eigenvalue weighted by Gasteiger charge is 2.27. The molecule has 2 rings (SSSR count). The molecule has 0 aromatic heterocycles. The van der Waals surface area contributed by atoms with Crippen molar-refractivity contribution in [2.45, 2.75) is 13.0 Å². The topological polar surface area (TPSA) is 67.5 Å². The summed E-state index contributed by atoms with van der Waals surface area (Å²) >= 11 is 0. The molecule has 4 nitrogen and oxygen atoms in total. The first-order valence-corrected chi connectivity index (χ1v) is 4.38. The summed E-state index contributed by atoms with van der Waals surface area (Å²) in [7, 11) is 0. The van der Waals surface area contributed by atoms with Gasteiger partial charge in [-0.05, 0) is 18.1 Å². The summed E-state index contributed by atoms with van der Waals surface area (Å²) in [5.74, 6) is 0.0417. The Labute approximate surface area is 81.8 Å². The standard InChI is InChI=1S/C10H11N3O/c1-6-4-2-3-5-7(6)8-9(14)13-10(11)12-8/h2-5,8H,1H3,(H3,11,12,13,14). The van der Waals surface area contributed by atoms with Gasteiger partial charge in [-0.3, -0.25) is 10.1 Å². The third-order valence-corrected chi connectivity index (χ3v) is 2.25. The van der Waals surface area contributed by atoms with Crippen molar-refractivity contribution in [2.75, 3.05) is 0 Å². The zero-order chi connectivity index (χ0) is 10.1. The van der Waals surface area contributed by atoms with Crippen LogP contribution in [-0.4, -0.2) is 11.9 Å². The van der Waals surface area contributed by atoms with Crippen LogP contribution in [0.4, 0.5) is 0 Å². The summed E-state index contributed by atoms with van der Waals surface area (Å²) in [6.45, 7) is 1.95. The van der Waals surface area contributed by atoms with Crippen LogP contribution in [0.25, 0.3) is 0 Å². The average Bonchev–Trinajstić information content (AvgIpc) is 2.46. The predicted molar refractivity (Wildman–Crippen MR) is 53.7 cm³/mol. The van der Waals surface area contributed by atoms with Crippen molar-refractivity contribution in [2.24, 2.45) is 10.7 Å². The minimum atomic E-state index is -0.476. The molecule has 14 heavy (non-hydrogen) atoms. The summed E-state index contributed by atoms with van der Waals surface area (Å²) in [5.41, 5.74) is 7.38. The SMILES string of the molecule is Cc1ccccc1C1N=C(N)NC1=O. The van der Waals surface area contributed by atoms with Crippen molar-refractivity contribution < 1.29 is 4.79 Å². The molecule has 1 unspecified atom stereocenters. The number of nitrogens with two attached hydrogens (primary N) is 1. The number of aliphatic imine (C=N–C) groups is 1. The summed E-state index contributed by atoms with van der Waals surface area (Å²) in [6, 6.07) is 7.18. The number of guanidine groups is 1. The molecule has 3 N–H and O–H groups in total. The van der Waals surface area contributed by atoms with Crippen molar-refractivity contribution in [3.8, 4) is 0 Å². The van der Waals surface area contributed by atoms with Crippen LogP contribution in [0.15, 0.2) is 29.3 Å². The largest absolute Gasteiger partial charge is 0.370 e. The fraction of sp³-hybridized carbons (Fsp3) is 0.200. The lowest BCUT2D eigenvalue weighted by atomic mass is 10.0. The lowest BCUT2D eigenvalue weighted by molar-refractivity contribution is -0.120. The third kappa shape index (κ3) is 1.35. The molecule has 1 aromatic rings. The molecule has 4 heteroatoms. The lowest BCUT2D eigenvalue weighted by Gasteiger charge is -2.07. The number of carbonyl (C=O) groups excluding carboxylic acids is 1. The maximum absolute atomic E-state index is 11.4. The van der Waals surface area contributed by atoms with Crippen molar-refractivity contribution in [3.05, 3.63) is 35.4 Å². The molecule has 1 aliphatic rings. The van der Waals surface area contributed by atoms with Crippen LogP contribution >= 0.6 is 0 Å². The molecule has 0 bridgehead atoms. The Kier molecular flexibility index (Phi) is 1.96. The number of carbonyl (C=O) groups is 1. The Morgan fingerprint density at radius 3 is 2.71 bits per heavy atom. The molecule has 0 radical (unpaired) electrons. The van der Waals surface area contributed by atoms with Crippen molar-refractivity contribution in [1.82, 2.24) is 5.32 Å². The molecular formula is C10H11N3O. The van der Waals surface area contributed by atoms with Gasteiger partial charge in [-0.25, -0.2) is 4.99 Å². The van der Waals surface area contributed by atoms with Gasteiger partial charge < -0.3 is 5.73 Å². The Morgan fingerprint density at radius 2 is 2.14 bits per heavy atom. The highest BCUT2D eigenvalue weighted by atomic mass is 16.2. The molecule has 1 aliphatic heterocycles. The van der Waals surface area contributed by atoms with E-state index in [-0.39, 0.29) is 11.9 Å². The number of hydrogen-bond donors (Lipinski definition) is 2. The molecule has 1 atom stereocenters. The van der Waals surface area contributed by atoms with E-state index < -0.39 is 6.04 Å². The molecule has 72 valence electrons. The van der Waals surface area contributed by atoms with E-state index in [1.165, 1.54) is 0 Å². The van der Waals surface area contributed by atoms with Crippen molar-refractivity contribution >= 4 is 11.9 Å². The van der Waals surface area contributed by atoms with Gasteiger partial charge in [0.15, 0.2) is 12.0 Å².